The van der Waals surface area contributed by atoms with Crippen molar-refractivity contribution in [2.24, 2.45) is 0 Å². The highest BCUT2D eigenvalue weighted by molar-refractivity contribution is 14.1. The maximum absolute atomic E-state index is 12.8. The van der Waals surface area contributed by atoms with Gasteiger partial charge in [-0.3, -0.25) is 20.4 Å². The fourth-order valence-electron chi connectivity index (χ4n) is 1.70. The van der Waals surface area contributed by atoms with E-state index >= 15 is 0 Å². The van der Waals surface area contributed by atoms with E-state index in [1.165, 1.54) is 31.2 Å². The number of hydrogen-bond acceptors (Lipinski definition) is 3. The zero-order valence-corrected chi connectivity index (χ0v) is 14.3. The fraction of sp³-hybridized carbons (Fsp3) is 0.125. The van der Waals surface area contributed by atoms with E-state index in [1.807, 2.05) is 28.7 Å². The van der Waals surface area contributed by atoms with E-state index in [2.05, 4.69) is 10.9 Å². The van der Waals surface area contributed by atoms with Gasteiger partial charge in [0.05, 0.1) is 5.56 Å². The Balaban J connectivity index is 1.87. The van der Waals surface area contributed by atoms with E-state index in [0.29, 0.717) is 11.3 Å². The highest BCUT2D eigenvalue weighted by Crippen LogP contribution is 2.13. The minimum Gasteiger partial charge on any atom is -0.481 e. The van der Waals surface area contributed by atoms with Crippen molar-refractivity contribution in [1.29, 1.82) is 0 Å². The molecule has 0 heterocycles. The van der Waals surface area contributed by atoms with Crippen molar-refractivity contribution in [3.63, 3.8) is 0 Å². The number of carbonyl (C=O) groups excluding carboxylic acids is 2. The lowest BCUT2D eigenvalue weighted by Crippen LogP contribution is -2.47. The molecule has 2 aromatic rings. The average Bonchev–Trinajstić information content (AvgIpc) is 2.54. The normalized spacial score (nSPS) is 11.4. The molecule has 2 rings (SSSR count). The molecule has 0 radical (unpaired) electrons. The maximum atomic E-state index is 12.8. The summed E-state index contributed by atoms with van der Waals surface area (Å²) in [5.74, 6) is -0.969. The summed E-state index contributed by atoms with van der Waals surface area (Å²) in [5, 5.41) is 0. The van der Waals surface area contributed by atoms with Gasteiger partial charge in [0.2, 0.25) is 0 Å². The van der Waals surface area contributed by atoms with Gasteiger partial charge in [0.25, 0.3) is 11.8 Å². The zero-order chi connectivity index (χ0) is 16.8. The molecule has 0 aliphatic heterocycles. The summed E-state index contributed by atoms with van der Waals surface area (Å²) >= 11 is 2.03. The third-order valence-corrected chi connectivity index (χ3v) is 3.85. The number of ether oxygens (including phenoxy) is 1. The SMILES string of the molecule is CC(Oc1ccc(F)cc1)C(=O)NNC(=O)c1ccccc1I. The number of benzene rings is 2. The quantitative estimate of drug-likeness (QED) is 0.582. The van der Waals surface area contributed by atoms with Gasteiger partial charge in [-0.2, -0.15) is 0 Å². The van der Waals surface area contributed by atoms with Crippen LogP contribution >= 0.6 is 22.6 Å². The molecule has 0 saturated carbocycles. The van der Waals surface area contributed by atoms with Crippen LogP contribution in [0.4, 0.5) is 4.39 Å². The van der Waals surface area contributed by atoms with Crippen LogP contribution in [0.15, 0.2) is 48.5 Å². The van der Waals surface area contributed by atoms with Gasteiger partial charge in [0.1, 0.15) is 11.6 Å². The van der Waals surface area contributed by atoms with Gasteiger partial charge in [-0.1, -0.05) is 12.1 Å². The van der Waals surface area contributed by atoms with Crippen LogP contribution < -0.4 is 15.6 Å². The summed E-state index contributed by atoms with van der Waals surface area (Å²) in [6, 6.07) is 12.3. The summed E-state index contributed by atoms with van der Waals surface area (Å²) in [4.78, 5) is 23.9. The summed E-state index contributed by atoms with van der Waals surface area (Å²) in [6.07, 6.45) is -0.851. The second-order valence-corrected chi connectivity index (χ2v) is 5.80. The van der Waals surface area contributed by atoms with Gasteiger partial charge in [0.15, 0.2) is 6.10 Å². The molecule has 120 valence electrons. The van der Waals surface area contributed by atoms with Crippen LogP contribution in [0.25, 0.3) is 0 Å². The van der Waals surface area contributed by atoms with Crippen molar-refractivity contribution in [3.8, 4) is 5.75 Å². The lowest BCUT2D eigenvalue weighted by molar-refractivity contribution is -0.128. The average molecular weight is 428 g/mol. The first-order valence-corrected chi connectivity index (χ1v) is 7.82. The number of carbonyl (C=O) groups is 2. The predicted octanol–water partition coefficient (Wildman–Crippen LogP) is 2.66. The van der Waals surface area contributed by atoms with Crippen molar-refractivity contribution in [2.75, 3.05) is 0 Å². The van der Waals surface area contributed by atoms with Gasteiger partial charge in [-0.25, -0.2) is 4.39 Å². The van der Waals surface area contributed by atoms with Crippen molar-refractivity contribution >= 4 is 34.4 Å². The summed E-state index contributed by atoms with van der Waals surface area (Å²) in [7, 11) is 0. The predicted molar refractivity (Wildman–Crippen MR) is 91.3 cm³/mol. The molecule has 23 heavy (non-hydrogen) atoms. The topological polar surface area (TPSA) is 67.4 Å². The maximum Gasteiger partial charge on any atom is 0.279 e. The molecule has 0 aromatic heterocycles. The number of halogens is 2. The molecule has 7 heteroatoms. The number of amides is 2. The van der Waals surface area contributed by atoms with E-state index in [4.69, 9.17) is 4.74 Å². The second kappa shape index (κ2) is 7.91. The first-order valence-electron chi connectivity index (χ1n) is 6.74. The van der Waals surface area contributed by atoms with E-state index in [-0.39, 0.29) is 5.82 Å². The number of rotatable bonds is 4. The largest absolute Gasteiger partial charge is 0.481 e. The molecule has 0 aliphatic carbocycles. The van der Waals surface area contributed by atoms with Crippen LogP contribution in [0.3, 0.4) is 0 Å². The summed E-state index contributed by atoms with van der Waals surface area (Å²) in [5.41, 5.74) is 5.09. The summed E-state index contributed by atoms with van der Waals surface area (Å²) in [6.45, 7) is 1.52. The first-order chi connectivity index (χ1) is 11.0. The van der Waals surface area contributed by atoms with Crippen molar-refractivity contribution < 1.29 is 18.7 Å². The Morgan fingerprint density at radius 3 is 2.39 bits per heavy atom. The van der Waals surface area contributed by atoms with Crippen LogP contribution in [0.5, 0.6) is 5.75 Å². The van der Waals surface area contributed by atoms with Crippen molar-refractivity contribution in [1.82, 2.24) is 10.9 Å². The molecule has 0 saturated heterocycles. The number of hydrogen-bond donors (Lipinski definition) is 2. The molecule has 1 unspecified atom stereocenters. The monoisotopic (exact) mass is 428 g/mol. The first kappa shape index (κ1) is 17.2. The van der Waals surface area contributed by atoms with Gasteiger partial charge >= 0.3 is 0 Å². The van der Waals surface area contributed by atoms with E-state index in [9.17, 15) is 14.0 Å². The smallest absolute Gasteiger partial charge is 0.279 e. The van der Waals surface area contributed by atoms with E-state index in [0.717, 1.165) is 3.57 Å². The Hall–Kier alpha value is -2.16. The van der Waals surface area contributed by atoms with Gasteiger partial charge in [0, 0.05) is 3.57 Å². The standard InChI is InChI=1S/C16H14FIN2O3/c1-10(23-12-8-6-11(17)7-9-12)15(21)19-20-16(22)13-4-2-3-5-14(13)18/h2-10H,1H3,(H,19,21)(H,20,22). The molecule has 2 amide bonds. The molecular weight excluding hydrogens is 414 g/mol. The molecule has 2 N–H and O–H groups in total. The van der Waals surface area contributed by atoms with Crippen LogP contribution in [-0.4, -0.2) is 17.9 Å². The molecule has 2 aromatic carbocycles. The molecule has 0 bridgehead atoms. The third-order valence-electron chi connectivity index (χ3n) is 2.91. The van der Waals surface area contributed by atoms with Gasteiger partial charge in [-0.15, -0.1) is 0 Å². The van der Waals surface area contributed by atoms with Crippen LogP contribution in [0, 0.1) is 9.39 Å². The summed E-state index contributed by atoms with van der Waals surface area (Å²) < 4.78 is 18.9. The molecule has 1 atom stereocenters. The lowest BCUT2D eigenvalue weighted by atomic mass is 10.2. The Bertz CT molecular complexity index is 707. The van der Waals surface area contributed by atoms with Gasteiger partial charge in [-0.05, 0) is 65.9 Å². The highest BCUT2D eigenvalue weighted by atomic mass is 127. The number of nitrogens with one attached hydrogen (secondary N) is 2. The second-order valence-electron chi connectivity index (χ2n) is 4.64. The molecule has 0 aliphatic rings. The Kier molecular flexibility index (Phi) is 5.91. The number of hydrazine groups is 1. The Morgan fingerprint density at radius 2 is 1.74 bits per heavy atom. The van der Waals surface area contributed by atoms with E-state index in [1.54, 1.807) is 18.2 Å². The fourth-order valence-corrected chi connectivity index (χ4v) is 2.34. The van der Waals surface area contributed by atoms with Crippen LogP contribution in [0.1, 0.15) is 17.3 Å². The highest BCUT2D eigenvalue weighted by Gasteiger charge is 2.16. The van der Waals surface area contributed by atoms with Crippen LogP contribution in [-0.2, 0) is 4.79 Å². The molecular formula is C16H14FIN2O3. The minimum absolute atomic E-state index is 0.359. The Labute approximate surface area is 146 Å². The van der Waals surface area contributed by atoms with Crippen molar-refractivity contribution in [3.05, 3.63) is 63.5 Å². The lowest BCUT2D eigenvalue weighted by Gasteiger charge is -2.15. The molecule has 0 fully saturated rings. The zero-order valence-electron chi connectivity index (χ0n) is 12.2. The van der Waals surface area contributed by atoms with E-state index < -0.39 is 17.9 Å². The minimum atomic E-state index is -0.851. The van der Waals surface area contributed by atoms with Crippen LogP contribution in [0.2, 0.25) is 0 Å². The van der Waals surface area contributed by atoms with Gasteiger partial charge < -0.3 is 4.74 Å². The molecule has 0 spiro atoms. The Morgan fingerprint density at radius 1 is 1.09 bits per heavy atom. The van der Waals surface area contributed by atoms with Crippen molar-refractivity contribution in [2.45, 2.75) is 13.0 Å². The molecule has 5 nitrogen and oxygen atoms in total. The third kappa shape index (κ3) is 4.92.